The van der Waals surface area contributed by atoms with E-state index in [0.717, 1.165) is 37.7 Å². The molecule has 1 atom stereocenters. The van der Waals surface area contributed by atoms with Gasteiger partial charge >= 0.3 is 0 Å². The Labute approximate surface area is 171 Å². The van der Waals surface area contributed by atoms with E-state index in [4.69, 9.17) is 16.3 Å². The van der Waals surface area contributed by atoms with Crippen LogP contribution in [0.15, 0.2) is 48.5 Å². The Morgan fingerprint density at radius 3 is 2.25 bits per heavy atom. The average Bonchev–Trinajstić information content (AvgIpc) is 2.70. The van der Waals surface area contributed by atoms with Crippen LogP contribution in [0.4, 0.5) is 0 Å². The van der Waals surface area contributed by atoms with Crippen LogP contribution in [-0.2, 0) is 6.54 Å². The first-order valence-corrected chi connectivity index (χ1v) is 10.2. The van der Waals surface area contributed by atoms with Gasteiger partial charge in [0, 0.05) is 16.1 Å². The molecule has 2 aromatic carbocycles. The molecule has 28 heavy (non-hydrogen) atoms. The third-order valence-corrected chi connectivity index (χ3v) is 5.51. The summed E-state index contributed by atoms with van der Waals surface area (Å²) < 4.78 is 5.66. The predicted octanol–water partition coefficient (Wildman–Crippen LogP) is 0.266. The van der Waals surface area contributed by atoms with Gasteiger partial charge in [-0.05, 0) is 43.3 Å². The van der Waals surface area contributed by atoms with Crippen LogP contribution >= 0.6 is 11.6 Å². The molecule has 5 nitrogen and oxygen atoms in total. The zero-order valence-corrected chi connectivity index (χ0v) is 17.0. The first kappa shape index (κ1) is 20.8. The van der Waals surface area contributed by atoms with E-state index in [0.29, 0.717) is 17.9 Å². The number of nitrogens with one attached hydrogen (secondary N) is 2. The second-order valence-electron chi connectivity index (χ2n) is 7.55. The van der Waals surface area contributed by atoms with E-state index in [2.05, 4.69) is 12.1 Å². The molecule has 3 rings (SSSR count). The van der Waals surface area contributed by atoms with E-state index in [1.165, 1.54) is 10.5 Å². The molecular weight excluding hydrogens is 376 g/mol. The molecule has 0 amide bonds. The van der Waals surface area contributed by atoms with E-state index < -0.39 is 6.10 Å². The second kappa shape index (κ2) is 10.0. The van der Waals surface area contributed by atoms with Crippen LogP contribution in [0, 0.1) is 0 Å². The highest BCUT2D eigenvalue weighted by Gasteiger charge is 2.25. The predicted molar refractivity (Wildman–Crippen MR) is 109 cm³/mol. The Hall–Kier alpha value is -1.92. The molecule has 1 heterocycles. The van der Waals surface area contributed by atoms with Gasteiger partial charge in [0.25, 0.3) is 0 Å². The third kappa shape index (κ3) is 6.31. The van der Waals surface area contributed by atoms with Crippen molar-refractivity contribution in [3.63, 3.8) is 0 Å². The standard InChI is InChI=1S/C22H27ClN2O3/c1-17(26)19-4-8-22(9-5-19)28-16-21(27)15-25-12-10-24(11-13-25)14-18-2-6-20(23)7-3-18/h2-9,21,27H,10-16H2,1H3/p+2/t21-/m0/s1. The molecule has 0 unspecified atom stereocenters. The number of halogens is 1. The van der Waals surface area contributed by atoms with Crippen LogP contribution in [0.5, 0.6) is 5.75 Å². The van der Waals surface area contributed by atoms with Crippen molar-refractivity contribution in [3.05, 3.63) is 64.7 Å². The summed E-state index contributed by atoms with van der Waals surface area (Å²) in [5, 5.41) is 11.1. The molecule has 0 radical (unpaired) electrons. The largest absolute Gasteiger partial charge is 0.491 e. The number of ketones is 1. The number of carbonyl (C=O) groups is 1. The highest BCUT2D eigenvalue weighted by Crippen LogP contribution is 2.12. The fourth-order valence-corrected chi connectivity index (χ4v) is 3.73. The van der Waals surface area contributed by atoms with Crippen molar-refractivity contribution in [2.24, 2.45) is 0 Å². The lowest BCUT2D eigenvalue weighted by molar-refractivity contribution is -1.02. The zero-order valence-electron chi connectivity index (χ0n) is 16.3. The molecule has 0 bridgehead atoms. The van der Waals surface area contributed by atoms with Crippen molar-refractivity contribution in [1.29, 1.82) is 0 Å². The van der Waals surface area contributed by atoms with Gasteiger partial charge in [-0.1, -0.05) is 23.7 Å². The Balaban J connectivity index is 1.36. The molecule has 1 fully saturated rings. The molecule has 0 aliphatic carbocycles. The molecule has 1 aliphatic rings. The van der Waals surface area contributed by atoms with Gasteiger partial charge in [-0.3, -0.25) is 4.79 Å². The van der Waals surface area contributed by atoms with Crippen molar-refractivity contribution in [2.45, 2.75) is 19.6 Å². The molecule has 3 N–H and O–H groups in total. The zero-order chi connectivity index (χ0) is 19.9. The number of rotatable bonds is 8. The van der Waals surface area contributed by atoms with Gasteiger partial charge in [0.1, 0.15) is 57.7 Å². The third-order valence-electron chi connectivity index (χ3n) is 5.26. The lowest BCUT2D eigenvalue weighted by Gasteiger charge is -2.30. The molecule has 1 saturated heterocycles. The van der Waals surface area contributed by atoms with E-state index in [9.17, 15) is 9.90 Å². The Morgan fingerprint density at radius 1 is 1.04 bits per heavy atom. The van der Waals surface area contributed by atoms with Crippen LogP contribution in [0.3, 0.4) is 0 Å². The Kier molecular flexibility index (Phi) is 7.45. The van der Waals surface area contributed by atoms with E-state index in [1.807, 2.05) is 12.1 Å². The van der Waals surface area contributed by atoms with Crippen molar-refractivity contribution < 1.29 is 24.4 Å². The summed E-state index contributed by atoms with van der Waals surface area (Å²) in [7, 11) is 0. The van der Waals surface area contributed by atoms with Gasteiger partial charge in [-0.25, -0.2) is 0 Å². The number of carbonyl (C=O) groups excluding carboxylic acids is 1. The smallest absolute Gasteiger partial charge is 0.159 e. The summed E-state index contributed by atoms with van der Waals surface area (Å²) in [5.41, 5.74) is 1.98. The first-order valence-electron chi connectivity index (χ1n) is 9.83. The van der Waals surface area contributed by atoms with Crippen LogP contribution in [0.25, 0.3) is 0 Å². The minimum Gasteiger partial charge on any atom is -0.491 e. The lowest BCUT2D eigenvalue weighted by Crippen LogP contribution is -3.28. The molecule has 1 aliphatic heterocycles. The van der Waals surface area contributed by atoms with E-state index in [1.54, 1.807) is 36.1 Å². The molecule has 0 saturated carbocycles. The topological polar surface area (TPSA) is 55.4 Å². The van der Waals surface area contributed by atoms with Crippen molar-refractivity contribution >= 4 is 17.4 Å². The summed E-state index contributed by atoms with van der Waals surface area (Å²) in [6.07, 6.45) is -0.500. The minimum atomic E-state index is -0.500. The van der Waals surface area contributed by atoms with E-state index in [-0.39, 0.29) is 12.4 Å². The summed E-state index contributed by atoms with van der Waals surface area (Å²) >= 11 is 5.95. The van der Waals surface area contributed by atoms with Gasteiger partial charge in [0.2, 0.25) is 0 Å². The van der Waals surface area contributed by atoms with Crippen LogP contribution in [0.2, 0.25) is 5.02 Å². The maximum atomic E-state index is 11.3. The molecule has 2 aromatic rings. The maximum Gasteiger partial charge on any atom is 0.159 e. The highest BCUT2D eigenvalue weighted by atomic mass is 35.5. The molecular formula is C22H29ClN2O3+2. The van der Waals surface area contributed by atoms with E-state index >= 15 is 0 Å². The van der Waals surface area contributed by atoms with Gasteiger partial charge in [-0.15, -0.1) is 0 Å². The van der Waals surface area contributed by atoms with Crippen LogP contribution in [0.1, 0.15) is 22.8 Å². The molecule has 6 heteroatoms. The summed E-state index contributed by atoms with van der Waals surface area (Å²) in [6.45, 7) is 7.81. The number of hydrogen-bond acceptors (Lipinski definition) is 3. The minimum absolute atomic E-state index is 0.0347. The van der Waals surface area contributed by atoms with Crippen molar-refractivity contribution in [2.75, 3.05) is 39.3 Å². The van der Waals surface area contributed by atoms with Gasteiger partial charge in [-0.2, -0.15) is 0 Å². The number of piperazine rings is 1. The first-order chi connectivity index (χ1) is 13.5. The number of aliphatic hydroxyl groups is 1. The number of aliphatic hydroxyl groups excluding tert-OH is 1. The maximum absolute atomic E-state index is 11.3. The van der Waals surface area contributed by atoms with Crippen LogP contribution in [-0.4, -0.2) is 56.3 Å². The Bertz CT molecular complexity index is 756. The highest BCUT2D eigenvalue weighted by molar-refractivity contribution is 6.30. The number of quaternary nitrogens is 2. The number of Topliss-reactive ketones (excluding diaryl/α,β-unsaturated/α-hetero) is 1. The fraction of sp³-hybridized carbons (Fsp3) is 0.409. The fourth-order valence-electron chi connectivity index (χ4n) is 3.60. The average molecular weight is 405 g/mol. The quantitative estimate of drug-likeness (QED) is 0.553. The summed E-state index contributed by atoms with van der Waals surface area (Å²) in [4.78, 5) is 14.3. The normalized spacial score (nSPS) is 20.5. The number of ether oxygens (including phenoxy) is 1. The van der Waals surface area contributed by atoms with Gasteiger partial charge in [0.05, 0.1) is 0 Å². The van der Waals surface area contributed by atoms with Gasteiger partial charge < -0.3 is 19.6 Å². The number of benzene rings is 2. The lowest BCUT2D eigenvalue weighted by atomic mass is 10.1. The molecule has 0 spiro atoms. The monoisotopic (exact) mass is 404 g/mol. The SMILES string of the molecule is CC(=O)c1ccc(OC[C@@H](O)C[NH+]2CC[NH+](Cc3ccc(Cl)cc3)CC2)cc1. The summed E-state index contributed by atoms with van der Waals surface area (Å²) in [6, 6.07) is 15.1. The van der Waals surface area contributed by atoms with Crippen LogP contribution < -0.4 is 14.5 Å². The van der Waals surface area contributed by atoms with Crippen molar-refractivity contribution in [3.8, 4) is 5.75 Å². The Morgan fingerprint density at radius 2 is 1.64 bits per heavy atom. The second-order valence-corrected chi connectivity index (χ2v) is 7.99. The summed E-state index contributed by atoms with van der Waals surface area (Å²) in [5.74, 6) is 0.712. The van der Waals surface area contributed by atoms with Crippen molar-refractivity contribution in [1.82, 2.24) is 0 Å². The van der Waals surface area contributed by atoms with Gasteiger partial charge in [0.15, 0.2) is 5.78 Å². The molecule has 150 valence electrons. The molecule has 0 aromatic heterocycles. The number of hydrogen-bond donors (Lipinski definition) is 3.